The molecule has 0 atom stereocenters. The second-order valence-electron chi connectivity index (χ2n) is 3.90. The van der Waals surface area contributed by atoms with E-state index >= 15 is 0 Å². The lowest BCUT2D eigenvalue weighted by Gasteiger charge is -2.09. The highest BCUT2D eigenvalue weighted by atomic mass is 35.5. The number of benzene rings is 2. The Bertz CT molecular complexity index is 686. The number of hydrogen-bond donors (Lipinski definition) is 0. The molecule has 2 aromatic rings. The zero-order valence-corrected chi connectivity index (χ0v) is 12.5. The topological polar surface area (TPSA) is 26.3 Å². The summed E-state index contributed by atoms with van der Waals surface area (Å²) in [5.74, 6) is -1.05. The Kier molecular flexibility index (Phi) is 4.53. The molecule has 0 aliphatic heterocycles. The van der Waals surface area contributed by atoms with E-state index in [0.717, 1.165) is 0 Å². The van der Waals surface area contributed by atoms with Gasteiger partial charge in [0.25, 0.3) is 0 Å². The summed E-state index contributed by atoms with van der Waals surface area (Å²) in [6.07, 6.45) is 0. The minimum Gasteiger partial charge on any atom is -0.495 e. The Morgan fingerprint density at radius 2 is 1.75 bits per heavy atom. The van der Waals surface area contributed by atoms with E-state index in [1.807, 2.05) is 0 Å². The smallest absolute Gasteiger partial charge is 0.197 e. The minimum absolute atomic E-state index is 0.0821. The van der Waals surface area contributed by atoms with E-state index in [4.69, 9.17) is 39.5 Å². The predicted octanol–water partition coefficient (Wildman–Crippen LogP) is 5.03. The number of rotatable bonds is 3. The molecule has 0 saturated carbocycles. The Hall–Kier alpha value is -1.29. The van der Waals surface area contributed by atoms with Gasteiger partial charge in [0, 0.05) is 11.6 Å². The van der Waals surface area contributed by atoms with Crippen LogP contribution in [0.15, 0.2) is 30.3 Å². The fourth-order valence-electron chi connectivity index (χ4n) is 1.68. The van der Waals surface area contributed by atoms with Crippen LogP contribution in [0.3, 0.4) is 0 Å². The lowest BCUT2D eigenvalue weighted by molar-refractivity contribution is 0.103. The number of hydrogen-bond acceptors (Lipinski definition) is 2. The molecule has 0 fully saturated rings. The van der Waals surface area contributed by atoms with E-state index in [2.05, 4.69) is 0 Å². The molecule has 0 radical (unpaired) electrons. The van der Waals surface area contributed by atoms with Crippen LogP contribution in [0.4, 0.5) is 4.39 Å². The van der Waals surface area contributed by atoms with Gasteiger partial charge in [-0.15, -0.1) is 0 Å². The van der Waals surface area contributed by atoms with Crippen LogP contribution in [0.1, 0.15) is 15.9 Å². The average molecular weight is 334 g/mol. The summed E-state index contributed by atoms with van der Waals surface area (Å²) in [6.45, 7) is 0. The second kappa shape index (κ2) is 6.00. The molecular formula is C14H8Cl3FO2. The van der Waals surface area contributed by atoms with E-state index in [9.17, 15) is 9.18 Å². The molecule has 6 heteroatoms. The molecule has 0 N–H and O–H groups in total. The molecule has 0 saturated heterocycles. The van der Waals surface area contributed by atoms with Crippen molar-refractivity contribution in [1.82, 2.24) is 0 Å². The highest BCUT2D eigenvalue weighted by molar-refractivity contribution is 6.38. The van der Waals surface area contributed by atoms with Crippen LogP contribution in [-0.4, -0.2) is 12.9 Å². The highest BCUT2D eigenvalue weighted by Crippen LogP contribution is 2.32. The molecule has 0 bridgehead atoms. The summed E-state index contributed by atoms with van der Waals surface area (Å²) in [6, 6.07) is 6.91. The predicted molar refractivity (Wildman–Crippen MR) is 77.9 cm³/mol. The van der Waals surface area contributed by atoms with Crippen molar-refractivity contribution in [3.8, 4) is 5.75 Å². The van der Waals surface area contributed by atoms with Gasteiger partial charge < -0.3 is 4.74 Å². The first kappa shape index (κ1) is 15.1. The van der Waals surface area contributed by atoms with Crippen molar-refractivity contribution >= 4 is 40.6 Å². The molecule has 0 heterocycles. The van der Waals surface area contributed by atoms with E-state index in [1.165, 1.54) is 37.4 Å². The molecule has 0 aromatic heterocycles. The zero-order chi connectivity index (χ0) is 14.9. The van der Waals surface area contributed by atoms with Crippen molar-refractivity contribution in [2.45, 2.75) is 0 Å². The van der Waals surface area contributed by atoms with Gasteiger partial charge in [-0.2, -0.15) is 0 Å². The molecule has 2 rings (SSSR count). The van der Waals surface area contributed by atoms with Gasteiger partial charge in [0.2, 0.25) is 0 Å². The molecule has 0 spiro atoms. The maximum Gasteiger partial charge on any atom is 0.197 e. The van der Waals surface area contributed by atoms with Crippen molar-refractivity contribution in [3.63, 3.8) is 0 Å². The average Bonchev–Trinajstić information content (AvgIpc) is 2.43. The summed E-state index contributed by atoms with van der Waals surface area (Å²) < 4.78 is 18.8. The Morgan fingerprint density at radius 1 is 1.05 bits per heavy atom. The van der Waals surface area contributed by atoms with Crippen molar-refractivity contribution in [2.75, 3.05) is 7.11 Å². The van der Waals surface area contributed by atoms with Crippen molar-refractivity contribution in [2.24, 2.45) is 0 Å². The number of ether oxygens (including phenoxy) is 1. The first-order chi connectivity index (χ1) is 9.45. The molecule has 0 aliphatic carbocycles. The summed E-state index contributed by atoms with van der Waals surface area (Å²) in [5.41, 5.74) is -0.0840. The third-order valence-electron chi connectivity index (χ3n) is 2.68. The Morgan fingerprint density at radius 3 is 2.40 bits per heavy atom. The first-order valence-corrected chi connectivity index (χ1v) is 6.61. The maximum absolute atomic E-state index is 13.9. The van der Waals surface area contributed by atoms with E-state index in [0.29, 0.717) is 5.75 Å². The molecule has 2 aromatic carbocycles. The summed E-state index contributed by atoms with van der Waals surface area (Å²) in [5, 5.41) is 0.199. The Labute approximate surface area is 130 Å². The molecule has 20 heavy (non-hydrogen) atoms. The van der Waals surface area contributed by atoms with E-state index in [1.54, 1.807) is 0 Å². The summed E-state index contributed by atoms with van der Waals surface area (Å²) >= 11 is 17.6. The maximum atomic E-state index is 13.9. The Balaban J connectivity index is 2.54. The molecular weight excluding hydrogens is 326 g/mol. The second-order valence-corrected chi connectivity index (χ2v) is 5.12. The van der Waals surface area contributed by atoms with E-state index < -0.39 is 11.6 Å². The number of methoxy groups -OCH3 is 1. The fraction of sp³-hybridized carbons (Fsp3) is 0.0714. The third-order valence-corrected chi connectivity index (χ3v) is 3.58. The number of halogens is 4. The van der Waals surface area contributed by atoms with Crippen LogP contribution in [0.25, 0.3) is 0 Å². The largest absolute Gasteiger partial charge is 0.495 e. The van der Waals surface area contributed by atoms with Gasteiger partial charge in [0.1, 0.15) is 5.75 Å². The minimum atomic E-state index is -0.790. The van der Waals surface area contributed by atoms with Crippen LogP contribution in [0.2, 0.25) is 15.1 Å². The van der Waals surface area contributed by atoms with Crippen molar-refractivity contribution in [3.05, 3.63) is 62.3 Å². The van der Waals surface area contributed by atoms with Crippen LogP contribution >= 0.6 is 34.8 Å². The van der Waals surface area contributed by atoms with Crippen LogP contribution < -0.4 is 4.74 Å². The molecule has 0 amide bonds. The zero-order valence-electron chi connectivity index (χ0n) is 10.2. The van der Waals surface area contributed by atoms with Gasteiger partial charge in [-0.3, -0.25) is 4.79 Å². The van der Waals surface area contributed by atoms with Gasteiger partial charge in [-0.05, 0) is 18.2 Å². The van der Waals surface area contributed by atoms with Gasteiger partial charge in [-0.1, -0.05) is 40.9 Å². The highest BCUT2D eigenvalue weighted by Gasteiger charge is 2.20. The first-order valence-electron chi connectivity index (χ1n) is 5.47. The molecule has 0 unspecified atom stereocenters. The molecule has 0 aliphatic rings. The monoisotopic (exact) mass is 332 g/mol. The van der Waals surface area contributed by atoms with Crippen LogP contribution in [0.5, 0.6) is 5.75 Å². The number of carbonyl (C=O) groups is 1. The van der Waals surface area contributed by atoms with Crippen LogP contribution in [-0.2, 0) is 0 Å². The van der Waals surface area contributed by atoms with Gasteiger partial charge in [0.05, 0.1) is 27.7 Å². The number of carbonyl (C=O) groups excluding carboxylic acids is 1. The normalized spacial score (nSPS) is 10.4. The van der Waals surface area contributed by atoms with Gasteiger partial charge in [0.15, 0.2) is 11.6 Å². The van der Waals surface area contributed by atoms with Gasteiger partial charge in [-0.25, -0.2) is 4.39 Å². The lowest BCUT2D eigenvalue weighted by atomic mass is 10.0. The summed E-state index contributed by atoms with van der Waals surface area (Å²) in [7, 11) is 1.43. The standard InChI is InChI=1S/C14H8Cl3FO2/c1-20-12-6-10(16)8(5-11(12)17)14(19)7-3-2-4-9(15)13(7)18/h2-6H,1H3. The lowest BCUT2D eigenvalue weighted by Crippen LogP contribution is -2.06. The number of ketones is 1. The molecule has 2 nitrogen and oxygen atoms in total. The van der Waals surface area contributed by atoms with Crippen molar-refractivity contribution < 1.29 is 13.9 Å². The van der Waals surface area contributed by atoms with Crippen LogP contribution in [0, 0.1) is 5.82 Å². The fourth-order valence-corrected chi connectivity index (χ4v) is 2.34. The quantitative estimate of drug-likeness (QED) is 0.737. The van der Waals surface area contributed by atoms with Gasteiger partial charge >= 0.3 is 0 Å². The molecule has 104 valence electrons. The SMILES string of the molecule is COc1cc(Cl)c(C(=O)c2cccc(Cl)c2F)cc1Cl. The van der Waals surface area contributed by atoms with Crippen molar-refractivity contribution in [1.29, 1.82) is 0 Å². The summed E-state index contributed by atoms with van der Waals surface area (Å²) in [4.78, 5) is 12.3. The van der Waals surface area contributed by atoms with E-state index in [-0.39, 0.29) is 26.2 Å². The third kappa shape index (κ3) is 2.75.